The van der Waals surface area contributed by atoms with Gasteiger partial charge in [0.25, 0.3) is 0 Å². The lowest BCUT2D eigenvalue weighted by Crippen LogP contribution is -2.31. The van der Waals surface area contributed by atoms with E-state index in [1.54, 1.807) is 6.26 Å². The molecule has 1 rings (SSSR count). The van der Waals surface area contributed by atoms with Gasteiger partial charge in [-0.15, -0.1) is 0 Å². The van der Waals surface area contributed by atoms with Crippen LogP contribution in [0.2, 0.25) is 0 Å². The van der Waals surface area contributed by atoms with E-state index in [1.807, 2.05) is 0 Å². The van der Waals surface area contributed by atoms with Gasteiger partial charge in [-0.05, 0) is 38.1 Å². The van der Waals surface area contributed by atoms with Crippen molar-refractivity contribution in [1.82, 2.24) is 5.32 Å². The van der Waals surface area contributed by atoms with Crippen molar-refractivity contribution in [2.45, 2.75) is 38.6 Å². The zero-order chi connectivity index (χ0) is 9.68. The molecule has 2 unspecified atom stereocenters. The van der Waals surface area contributed by atoms with Gasteiger partial charge in [0.15, 0.2) is 0 Å². The van der Waals surface area contributed by atoms with Gasteiger partial charge >= 0.3 is 0 Å². The highest BCUT2D eigenvalue weighted by Crippen LogP contribution is 2.33. The monoisotopic (exact) mass is 203 g/mol. The highest BCUT2D eigenvalue weighted by Gasteiger charge is 2.29. The van der Waals surface area contributed by atoms with Crippen molar-refractivity contribution in [1.29, 1.82) is 0 Å². The smallest absolute Gasteiger partial charge is 0.0244 e. The Kier molecular flexibility index (Phi) is 4.96. The molecule has 1 N–H and O–H groups in total. The Balaban J connectivity index is 1.99. The summed E-state index contributed by atoms with van der Waals surface area (Å²) in [5.74, 6) is 1.78. The molecule has 0 radical (unpaired) electrons. The summed E-state index contributed by atoms with van der Waals surface area (Å²) in [7, 11) is -0.617. The molecular weight excluding hydrogens is 182 g/mol. The van der Waals surface area contributed by atoms with E-state index in [-0.39, 0.29) is 0 Å². The molecule has 0 heterocycles. The lowest BCUT2D eigenvalue weighted by atomic mass is 10.1. The average molecular weight is 203 g/mol. The predicted molar refractivity (Wildman–Crippen MR) is 58.4 cm³/mol. The van der Waals surface area contributed by atoms with Gasteiger partial charge in [0.05, 0.1) is 0 Å². The van der Waals surface area contributed by atoms with E-state index in [2.05, 4.69) is 12.2 Å². The van der Waals surface area contributed by atoms with E-state index in [0.29, 0.717) is 0 Å². The minimum absolute atomic E-state index is 0.617. The summed E-state index contributed by atoms with van der Waals surface area (Å²) in [6.45, 7) is 3.28. The summed E-state index contributed by atoms with van der Waals surface area (Å²) in [6, 6.07) is 0.727. The largest absolute Gasteiger partial charge is 0.314 e. The van der Waals surface area contributed by atoms with Crippen LogP contribution >= 0.6 is 0 Å². The van der Waals surface area contributed by atoms with Gasteiger partial charge in [0.1, 0.15) is 0 Å². The van der Waals surface area contributed by atoms with Crippen molar-refractivity contribution in [2.24, 2.45) is 5.92 Å². The molecule has 0 spiro atoms. The number of hydrogen-bond acceptors (Lipinski definition) is 2. The standard InChI is InChI=1S/C10H21NOS/c1-3-10(9-5-6-9)11-7-4-8-13(2)12/h9-11H,3-8H2,1-2H3. The van der Waals surface area contributed by atoms with Gasteiger partial charge in [0.2, 0.25) is 0 Å². The molecule has 1 fully saturated rings. The summed E-state index contributed by atoms with van der Waals surface area (Å²) >= 11 is 0. The quantitative estimate of drug-likeness (QED) is 0.636. The lowest BCUT2D eigenvalue weighted by molar-refractivity contribution is 0.451. The van der Waals surface area contributed by atoms with Crippen LogP contribution in [0.3, 0.4) is 0 Å². The van der Waals surface area contributed by atoms with E-state index in [0.717, 1.165) is 30.7 Å². The van der Waals surface area contributed by atoms with Gasteiger partial charge in [-0.3, -0.25) is 4.21 Å². The van der Waals surface area contributed by atoms with Crippen LogP contribution in [0.4, 0.5) is 0 Å². The highest BCUT2D eigenvalue weighted by molar-refractivity contribution is 7.84. The molecule has 1 aliphatic carbocycles. The molecule has 0 amide bonds. The molecule has 78 valence electrons. The highest BCUT2D eigenvalue weighted by atomic mass is 32.2. The zero-order valence-corrected chi connectivity index (χ0v) is 9.53. The molecule has 3 heteroatoms. The Morgan fingerprint density at radius 1 is 1.54 bits per heavy atom. The second-order valence-corrected chi connectivity index (χ2v) is 5.49. The van der Waals surface area contributed by atoms with Gasteiger partial charge in [-0.25, -0.2) is 0 Å². The third-order valence-electron chi connectivity index (χ3n) is 2.65. The van der Waals surface area contributed by atoms with Gasteiger partial charge in [-0.2, -0.15) is 0 Å². The van der Waals surface area contributed by atoms with Crippen LogP contribution in [0.15, 0.2) is 0 Å². The van der Waals surface area contributed by atoms with Crippen LogP contribution in [0, 0.1) is 5.92 Å². The predicted octanol–water partition coefficient (Wildman–Crippen LogP) is 1.53. The third kappa shape index (κ3) is 4.77. The molecule has 1 saturated carbocycles. The molecule has 13 heavy (non-hydrogen) atoms. The Bertz CT molecular complexity index is 168. The first-order valence-corrected chi connectivity index (χ1v) is 7.00. The molecule has 0 aliphatic heterocycles. The first-order chi connectivity index (χ1) is 6.24. The van der Waals surface area contributed by atoms with Crippen LogP contribution < -0.4 is 5.32 Å². The van der Waals surface area contributed by atoms with E-state index >= 15 is 0 Å². The topological polar surface area (TPSA) is 29.1 Å². The third-order valence-corrected chi connectivity index (χ3v) is 3.51. The Morgan fingerprint density at radius 2 is 2.23 bits per heavy atom. The molecule has 0 aromatic rings. The number of rotatable bonds is 7. The summed E-state index contributed by atoms with van der Waals surface area (Å²) in [5.41, 5.74) is 0. The first-order valence-electron chi connectivity index (χ1n) is 5.27. The van der Waals surface area contributed by atoms with Crippen molar-refractivity contribution in [2.75, 3.05) is 18.6 Å². The Morgan fingerprint density at radius 3 is 2.69 bits per heavy atom. The summed E-state index contributed by atoms with van der Waals surface area (Å²) in [6.07, 6.45) is 6.88. The number of nitrogens with one attached hydrogen (secondary N) is 1. The fourth-order valence-electron chi connectivity index (χ4n) is 1.71. The van der Waals surface area contributed by atoms with Crippen molar-refractivity contribution >= 4 is 10.8 Å². The minimum Gasteiger partial charge on any atom is -0.314 e. The van der Waals surface area contributed by atoms with E-state index in [4.69, 9.17) is 0 Å². The van der Waals surface area contributed by atoms with Gasteiger partial charge < -0.3 is 5.32 Å². The lowest BCUT2D eigenvalue weighted by Gasteiger charge is -2.15. The molecular formula is C10H21NOS. The van der Waals surface area contributed by atoms with Crippen LogP contribution in [0.1, 0.15) is 32.6 Å². The van der Waals surface area contributed by atoms with Gasteiger partial charge in [0, 0.05) is 28.9 Å². The van der Waals surface area contributed by atoms with Crippen molar-refractivity contribution in [3.63, 3.8) is 0 Å². The second-order valence-electron chi connectivity index (χ2n) is 3.94. The molecule has 2 atom stereocenters. The molecule has 0 aromatic heterocycles. The van der Waals surface area contributed by atoms with E-state index < -0.39 is 10.8 Å². The van der Waals surface area contributed by atoms with Crippen LogP contribution in [0.5, 0.6) is 0 Å². The minimum atomic E-state index is -0.617. The van der Waals surface area contributed by atoms with Crippen LogP contribution in [0.25, 0.3) is 0 Å². The van der Waals surface area contributed by atoms with E-state index in [1.165, 1.54) is 19.3 Å². The normalized spacial score (nSPS) is 21.4. The maximum absolute atomic E-state index is 10.8. The summed E-state index contributed by atoms with van der Waals surface area (Å²) in [5, 5.41) is 3.55. The SMILES string of the molecule is CCC(NCCCS(C)=O)C1CC1. The molecule has 1 aliphatic rings. The Hall–Kier alpha value is 0.110. The summed E-state index contributed by atoms with van der Waals surface area (Å²) < 4.78 is 10.8. The fourth-order valence-corrected chi connectivity index (χ4v) is 2.26. The van der Waals surface area contributed by atoms with Crippen molar-refractivity contribution in [3.8, 4) is 0 Å². The molecule has 0 bridgehead atoms. The molecule has 2 nitrogen and oxygen atoms in total. The fraction of sp³-hybridized carbons (Fsp3) is 1.00. The van der Waals surface area contributed by atoms with Crippen molar-refractivity contribution in [3.05, 3.63) is 0 Å². The van der Waals surface area contributed by atoms with Crippen LogP contribution in [-0.2, 0) is 10.8 Å². The maximum atomic E-state index is 10.8. The number of hydrogen-bond donors (Lipinski definition) is 1. The van der Waals surface area contributed by atoms with Gasteiger partial charge in [-0.1, -0.05) is 6.92 Å². The first kappa shape index (κ1) is 11.2. The maximum Gasteiger partial charge on any atom is 0.0244 e. The van der Waals surface area contributed by atoms with Crippen molar-refractivity contribution < 1.29 is 4.21 Å². The van der Waals surface area contributed by atoms with E-state index in [9.17, 15) is 4.21 Å². The Labute approximate surface area is 83.9 Å². The van der Waals surface area contributed by atoms with Crippen LogP contribution in [-0.4, -0.2) is 28.8 Å². The molecule has 0 aromatic carbocycles. The summed E-state index contributed by atoms with van der Waals surface area (Å²) in [4.78, 5) is 0. The average Bonchev–Trinajstić information content (AvgIpc) is 2.87. The molecule has 0 saturated heterocycles. The zero-order valence-electron chi connectivity index (χ0n) is 8.71. The second kappa shape index (κ2) is 5.76.